The van der Waals surface area contributed by atoms with Gasteiger partial charge < -0.3 is 24.5 Å². The molecule has 1 aliphatic rings. The molecule has 0 radical (unpaired) electrons. The summed E-state index contributed by atoms with van der Waals surface area (Å²) in [6, 6.07) is 5.35. The van der Waals surface area contributed by atoms with E-state index in [2.05, 4.69) is 5.32 Å². The standard InChI is InChI=1S/C19H26N2O4/c1-12-16-9-15(24-3)6-7-17(16)25-18(12)13(2)20-19(23)21-8-4-5-14(10-21)11-22/h6-7,9,13-14,22H,4-5,8,10-11H2,1-3H3,(H,20,23)/t13-,14-/m1/s1. The Balaban J connectivity index is 1.74. The molecule has 0 saturated carbocycles. The van der Waals surface area contributed by atoms with E-state index >= 15 is 0 Å². The zero-order chi connectivity index (χ0) is 18.0. The Morgan fingerprint density at radius 3 is 3.04 bits per heavy atom. The largest absolute Gasteiger partial charge is 0.497 e. The van der Waals surface area contributed by atoms with E-state index in [4.69, 9.17) is 9.15 Å². The number of benzene rings is 1. The van der Waals surface area contributed by atoms with Crippen LogP contribution in [0.2, 0.25) is 0 Å². The second-order valence-corrected chi connectivity index (χ2v) is 6.76. The fourth-order valence-electron chi connectivity index (χ4n) is 3.50. The second kappa shape index (κ2) is 7.35. The maximum atomic E-state index is 12.5. The molecule has 0 aliphatic carbocycles. The van der Waals surface area contributed by atoms with Gasteiger partial charge in [-0.1, -0.05) is 0 Å². The third-order valence-corrected chi connectivity index (χ3v) is 4.98. The van der Waals surface area contributed by atoms with Crippen LogP contribution in [0.3, 0.4) is 0 Å². The fraction of sp³-hybridized carbons (Fsp3) is 0.526. The minimum absolute atomic E-state index is 0.108. The van der Waals surface area contributed by atoms with Crippen LogP contribution in [0, 0.1) is 12.8 Å². The van der Waals surface area contributed by atoms with Gasteiger partial charge in [-0.2, -0.15) is 0 Å². The highest BCUT2D eigenvalue weighted by molar-refractivity contribution is 5.84. The first-order valence-corrected chi connectivity index (χ1v) is 8.76. The van der Waals surface area contributed by atoms with Crippen molar-refractivity contribution in [2.75, 3.05) is 26.8 Å². The molecule has 0 unspecified atom stereocenters. The number of amides is 2. The van der Waals surface area contributed by atoms with Gasteiger partial charge in [0.1, 0.15) is 17.1 Å². The summed E-state index contributed by atoms with van der Waals surface area (Å²) in [5.74, 6) is 1.71. The van der Waals surface area contributed by atoms with Crippen molar-refractivity contribution in [2.45, 2.75) is 32.7 Å². The Labute approximate surface area is 147 Å². The number of nitrogens with zero attached hydrogens (tertiary/aromatic N) is 1. The molecule has 3 rings (SSSR count). The summed E-state index contributed by atoms with van der Waals surface area (Å²) in [5.41, 5.74) is 1.79. The molecular weight excluding hydrogens is 320 g/mol. The van der Waals surface area contributed by atoms with E-state index < -0.39 is 0 Å². The topological polar surface area (TPSA) is 74.9 Å². The number of aryl methyl sites for hydroxylation is 1. The van der Waals surface area contributed by atoms with Gasteiger partial charge in [0.05, 0.1) is 13.2 Å². The molecule has 1 aliphatic heterocycles. The zero-order valence-electron chi connectivity index (χ0n) is 15.0. The van der Waals surface area contributed by atoms with Gasteiger partial charge in [0.25, 0.3) is 0 Å². The van der Waals surface area contributed by atoms with Crippen LogP contribution in [-0.2, 0) is 0 Å². The number of aliphatic hydroxyl groups excluding tert-OH is 1. The SMILES string of the molecule is COc1ccc2oc([C@@H](C)NC(=O)N3CCC[C@@H](CO)C3)c(C)c2c1. The smallest absolute Gasteiger partial charge is 0.317 e. The lowest BCUT2D eigenvalue weighted by molar-refractivity contribution is 0.127. The molecule has 1 saturated heterocycles. The lowest BCUT2D eigenvalue weighted by Gasteiger charge is -2.32. The fourth-order valence-corrected chi connectivity index (χ4v) is 3.50. The highest BCUT2D eigenvalue weighted by Gasteiger charge is 2.25. The minimum Gasteiger partial charge on any atom is -0.497 e. The van der Waals surface area contributed by atoms with Crippen LogP contribution in [0.15, 0.2) is 22.6 Å². The molecular formula is C19H26N2O4. The van der Waals surface area contributed by atoms with Crippen molar-refractivity contribution in [1.82, 2.24) is 10.2 Å². The Hall–Kier alpha value is -2.21. The molecule has 2 heterocycles. The van der Waals surface area contributed by atoms with Gasteiger partial charge in [-0.05, 0) is 50.8 Å². The van der Waals surface area contributed by atoms with Crippen LogP contribution in [0.25, 0.3) is 11.0 Å². The van der Waals surface area contributed by atoms with E-state index in [9.17, 15) is 9.90 Å². The van der Waals surface area contributed by atoms with E-state index in [1.807, 2.05) is 32.0 Å². The quantitative estimate of drug-likeness (QED) is 0.891. The highest BCUT2D eigenvalue weighted by atomic mass is 16.5. The number of urea groups is 1. The Morgan fingerprint density at radius 1 is 1.52 bits per heavy atom. The van der Waals surface area contributed by atoms with Gasteiger partial charge in [0.15, 0.2) is 0 Å². The van der Waals surface area contributed by atoms with Crippen molar-refractivity contribution in [3.05, 3.63) is 29.5 Å². The number of piperidine rings is 1. The summed E-state index contributed by atoms with van der Waals surface area (Å²) in [5, 5.41) is 13.3. The van der Waals surface area contributed by atoms with Gasteiger partial charge in [0, 0.05) is 30.6 Å². The highest BCUT2D eigenvalue weighted by Crippen LogP contribution is 2.32. The van der Waals surface area contributed by atoms with Crippen LogP contribution in [0.5, 0.6) is 5.75 Å². The summed E-state index contributed by atoms with van der Waals surface area (Å²) in [7, 11) is 1.64. The van der Waals surface area contributed by atoms with Crippen LogP contribution in [0.1, 0.15) is 37.1 Å². The predicted octanol–water partition coefficient (Wildman–Crippen LogP) is 3.22. The molecule has 0 spiro atoms. The van der Waals surface area contributed by atoms with Gasteiger partial charge in [-0.15, -0.1) is 0 Å². The number of methoxy groups -OCH3 is 1. The monoisotopic (exact) mass is 346 g/mol. The number of nitrogens with one attached hydrogen (secondary N) is 1. The number of carbonyl (C=O) groups excluding carboxylic acids is 1. The van der Waals surface area contributed by atoms with Crippen LogP contribution in [0.4, 0.5) is 4.79 Å². The van der Waals surface area contributed by atoms with E-state index in [-0.39, 0.29) is 24.6 Å². The van der Waals surface area contributed by atoms with Crippen LogP contribution in [-0.4, -0.2) is 42.8 Å². The first-order valence-electron chi connectivity index (χ1n) is 8.76. The average Bonchev–Trinajstić information content (AvgIpc) is 2.98. The molecule has 2 amide bonds. The first kappa shape index (κ1) is 17.6. The Bertz CT molecular complexity index is 755. The lowest BCUT2D eigenvalue weighted by atomic mass is 9.99. The number of hydrogen-bond acceptors (Lipinski definition) is 4. The number of aliphatic hydroxyl groups is 1. The summed E-state index contributed by atoms with van der Waals surface area (Å²) in [4.78, 5) is 14.3. The zero-order valence-corrected chi connectivity index (χ0v) is 15.0. The number of ether oxygens (including phenoxy) is 1. The number of rotatable bonds is 4. The summed E-state index contributed by atoms with van der Waals surface area (Å²) >= 11 is 0. The Morgan fingerprint density at radius 2 is 2.32 bits per heavy atom. The number of hydrogen-bond donors (Lipinski definition) is 2. The van der Waals surface area contributed by atoms with Crippen molar-refractivity contribution in [3.63, 3.8) is 0 Å². The number of carbonyl (C=O) groups is 1. The number of likely N-dealkylation sites (tertiary alicyclic amines) is 1. The van der Waals surface area contributed by atoms with Gasteiger partial charge in [-0.25, -0.2) is 4.79 Å². The third-order valence-electron chi connectivity index (χ3n) is 4.98. The van der Waals surface area contributed by atoms with Crippen LogP contribution < -0.4 is 10.1 Å². The van der Waals surface area contributed by atoms with Crippen molar-refractivity contribution < 1.29 is 19.1 Å². The van der Waals surface area contributed by atoms with Gasteiger partial charge in [0.2, 0.25) is 0 Å². The van der Waals surface area contributed by atoms with E-state index in [0.29, 0.717) is 6.54 Å². The molecule has 6 nitrogen and oxygen atoms in total. The predicted molar refractivity (Wildman–Crippen MR) is 95.8 cm³/mol. The molecule has 2 aromatic rings. The molecule has 2 atom stereocenters. The summed E-state index contributed by atoms with van der Waals surface area (Å²) in [6.45, 7) is 5.37. The average molecular weight is 346 g/mol. The van der Waals surface area contributed by atoms with Crippen LogP contribution >= 0.6 is 0 Å². The second-order valence-electron chi connectivity index (χ2n) is 6.76. The molecule has 136 valence electrons. The Kier molecular flexibility index (Phi) is 5.18. The van der Waals surface area contributed by atoms with E-state index in [1.165, 1.54) is 0 Å². The van der Waals surface area contributed by atoms with Crippen molar-refractivity contribution in [2.24, 2.45) is 5.92 Å². The molecule has 6 heteroatoms. The number of furan rings is 1. The molecule has 1 fully saturated rings. The molecule has 1 aromatic carbocycles. The first-order chi connectivity index (χ1) is 12.0. The molecule has 1 aromatic heterocycles. The lowest BCUT2D eigenvalue weighted by Crippen LogP contribution is -2.46. The van der Waals surface area contributed by atoms with Gasteiger partial charge in [-0.3, -0.25) is 0 Å². The molecule has 0 bridgehead atoms. The maximum absolute atomic E-state index is 12.5. The van der Waals surface area contributed by atoms with E-state index in [0.717, 1.165) is 47.4 Å². The third kappa shape index (κ3) is 3.58. The minimum atomic E-state index is -0.236. The maximum Gasteiger partial charge on any atom is 0.317 e. The van der Waals surface area contributed by atoms with Crippen molar-refractivity contribution in [1.29, 1.82) is 0 Å². The normalized spacial score (nSPS) is 19.0. The number of fused-ring (bicyclic) bond motifs is 1. The van der Waals surface area contributed by atoms with Crippen molar-refractivity contribution in [3.8, 4) is 5.75 Å². The molecule has 2 N–H and O–H groups in total. The van der Waals surface area contributed by atoms with Gasteiger partial charge >= 0.3 is 6.03 Å². The van der Waals surface area contributed by atoms with Crippen molar-refractivity contribution >= 4 is 17.0 Å². The summed E-state index contributed by atoms with van der Waals surface area (Å²) in [6.07, 6.45) is 1.90. The van der Waals surface area contributed by atoms with E-state index in [1.54, 1.807) is 12.0 Å². The summed E-state index contributed by atoms with van der Waals surface area (Å²) < 4.78 is 11.2. The molecule has 25 heavy (non-hydrogen) atoms.